The zero-order valence-corrected chi connectivity index (χ0v) is 10.4. The Kier molecular flexibility index (Phi) is 3.02. The van der Waals surface area contributed by atoms with E-state index >= 15 is 0 Å². The predicted octanol–water partition coefficient (Wildman–Crippen LogP) is 2.34. The summed E-state index contributed by atoms with van der Waals surface area (Å²) < 4.78 is 5.27. The van der Waals surface area contributed by atoms with Crippen LogP contribution >= 0.6 is 0 Å². The predicted molar refractivity (Wildman–Crippen MR) is 67.3 cm³/mol. The molecular weight excluding hydrogens is 212 g/mol. The standard InChI is InChI=1S/C14H20N2O/c1-17-12-7-11(8-15-9-12)13-3-2-10-4-5-16-14(13)6-10/h7-10,13-14,16H,2-6H2,1H3. The van der Waals surface area contributed by atoms with Gasteiger partial charge in [-0.05, 0) is 49.8 Å². The summed E-state index contributed by atoms with van der Waals surface area (Å²) in [6.07, 6.45) is 9.14. The van der Waals surface area contributed by atoms with Crippen molar-refractivity contribution < 1.29 is 4.74 Å². The molecule has 0 aromatic carbocycles. The van der Waals surface area contributed by atoms with Crippen LogP contribution in [0.3, 0.4) is 0 Å². The molecule has 2 aliphatic rings. The molecule has 1 N–H and O–H groups in total. The average Bonchev–Trinajstić information content (AvgIpc) is 2.39. The van der Waals surface area contributed by atoms with Gasteiger partial charge in [0.1, 0.15) is 5.75 Å². The van der Waals surface area contributed by atoms with E-state index in [0.717, 1.165) is 11.7 Å². The Balaban J connectivity index is 1.82. The molecule has 17 heavy (non-hydrogen) atoms. The highest BCUT2D eigenvalue weighted by Gasteiger charge is 2.34. The summed E-state index contributed by atoms with van der Waals surface area (Å²) in [5, 5.41) is 3.67. The molecule has 2 fully saturated rings. The number of pyridine rings is 1. The molecule has 1 saturated carbocycles. The van der Waals surface area contributed by atoms with Crippen LogP contribution in [0.1, 0.15) is 37.2 Å². The van der Waals surface area contributed by atoms with Gasteiger partial charge in [0.25, 0.3) is 0 Å². The lowest BCUT2D eigenvalue weighted by molar-refractivity contribution is 0.198. The van der Waals surface area contributed by atoms with Gasteiger partial charge in [0.2, 0.25) is 0 Å². The number of hydrogen-bond acceptors (Lipinski definition) is 3. The molecule has 3 atom stereocenters. The second-order valence-electron chi connectivity index (χ2n) is 5.29. The Labute approximate surface area is 103 Å². The van der Waals surface area contributed by atoms with E-state index in [1.165, 1.54) is 37.8 Å². The SMILES string of the molecule is COc1cncc(C2CCC3CCNC2C3)c1. The zero-order chi connectivity index (χ0) is 11.7. The van der Waals surface area contributed by atoms with Crippen LogP contribution in [0.25, 0.3) is 0 Å². The molecule has 3 rings (SSSR count). The first kappa shape index (κ1) is 11.0. The molecule has 0 radical (unpaired) electrons. The van der Waals surface area contributed by atoms with Crippen LogP contribution in [-0.4, -0.2) is 24.7 Å². The fraction of sp³-hybridized carbons (Fsp3) is 0.643. The molecule has 1 aromatic rings. The van der Waals surface area contributed by atoms with Crippen molar-refractivity contribution in [3.8, 4) is 5.75 Å². The molecular formula is C14H20N2O. The van der Waals surface area contributed by atoms with Gasteiger partial charge in [-0.3, -0.25) is 4.98 Å². The number of nitrogens with one attached hydrogen (secondary N) is 1. The van der Waals surface area contributed by atoms with Crippen molar-refractivity contribution in [2.24, 2.45) is 5.92 Å². The minimum Gasteiger partial charge on any atom is -0.495 e. The summed E-state index contributed by atoms with van der Waals surface area (Å²) in [5.41, 5.74) is 1.34. The lowest BCUT2D eigenvalue weighted by Gasteiger charge is -2.41. The van der Waals surface area contributed by atoms with Gasteiger partial charge >= 0.3 is 0 Å². The highest BCUT2D eigenvalue weighted by Crippen LogP contribution is 2.39. The molecule has 1 aromatic heterocycles. The molecule has 3 heteroatoms. The Bertz CT molecular complexity index is 394. The summed E-state index contributed by atoms with van der Waals surface area (Å²) in [5.74, 6) is 2.45. The molecule has 0 spiro atoms. The van der Waals surface area contributed by atoms with Gasteiger partial charge < -0.3 is 10.1 Å². The van der Waals surface area contributed by atoms with Crippen molar-refractivity contribution >= 4 is 0 Å². The minimum atomic E-state index is 0.620. The Morgan fingerprint density at radius 2 is 2.24 bits per heavy atom. The van der Waals surface area contributed by atoms with Gasteiger partial charge in [-0.25, -0.2) is 0 Å². The third kappa shape index (κ3) is 2.16. The summed E-state index contributed by atoms with van der Waals surface area (Å²) >= 11 is 0. The second kappa shape index (κ2) is 4.65. The van der Waals surface area contributed by atoms with Crippen LogP contribution in [0.4, 0.5) is 0 Å². The van der Waals surface area contributed by atoms with E-state index in [1.54, 1.807) is 13.3 Å². The van der Waals surface area contributed by atoms with E-state index in [9.17, 15) is 0 Å². The van der Waals surface area contributed by atoms with E-state index < -0.39 is 0 Å². The summed E-state index contributed by atoms with van der Waals surface area (Å²) in [6.45, 7) is 1.18. The highest BCUT2D eigenvalue weighted by molar-refractivity contribution is 5.28. The summed E-state index contributed by atoms with van der Waals surface area (Å²) in [4.78, 5) is 4.28. The summed E-state index contributed by atoms with van der Waals surface area (Å²) in [7, 11) is 1.70. The molecule has 1 aliphatic heterocycles. The Morgan fingerprint density at radius 3 is 3.12 bits per heavy atom. The van der Waals surface area contributed by atoms with E-state index in [1.807, 2.05) is 6.20 Å². The van der Waals surface area contributed by atoms with Crippen LogP contribution < -0.4 is 10.1 Å². The van der Waals surface area contributed by atoms with Crippen molar-refractivity contribution in [2.75, 3.05) is 13.7 Å². The largest absolute Gasteiger partial charge is 0.495 e. The van der Waals surface area contributed by atoms with Crippen LogP contribution in [0.2, 0.25) is 0 Å². The molecule has 92 valence electrons. The number of ether oxygens (including phenoxy) is 1. The van der Waals surface area contributed by atoms with E-state index in [-0.39, 0.29) is 0 Å². The maximum absolute atomic E-state index is 5.27. The maximum atomic E-state index is 5.27. The number of nitrogens with zero attached hydrogens (tertiary/aromatic N) is 1. The third-order valence-electron chi connectivity index (χ3n) is 4.32. The normalized spacial score (nSPS) is 32.2. The molecule has 1 saturated heterocycles. The van der Waals surface area contributed by atoms with Gasteiger partial charge in [0, 0.05) is 18.2 Å². The first-order chi connectivity index (χ1) is 8.36. The van der Waals surface area contributed by atoms with Gasteiger partial charge in [0.05, 0.1) is 13.3 Å². The third-order valence-corrected chi connectivity index (χ3v) is 4.32. The molecule has 2 heterocycles. The van der Waals surface area contributed by atoms with Gasteiger partial charge in [-0.15, -0.1) is 0 Å². The van der Waals surface area contributed by atoms with Crippen LogP contribution in [0.15, 0.2) is 18.5 Å². The van der Waals surface area contributed by atoms with Crippen molar-refractivity contribution in [1.82, 2.24) is 10.3 Å². The molecule has 3 nitrogen and oxygen atoms in total. The van der Waals surface area contributed by atoms with Crippen molar-refractivity contribution in [2.45, 2.75) is 37.6 Å². The quantitative estimate of drug-likeness (QED) is 0.849. The fourth-order valence-electron chi connectivity index (χ4n) is 3.37. The maximum Gasteiger partial charge on any atom is 0.137 e. The number of hydrogen-bond donors (Lipinski definition) is 1. The van der Waals surface area contributed by atoms with Crippen LogP contribution in [0.5, 0.6) is 5.75 Å². The Morgan fingerprint density at radius 1 is 1.29 bits per heavy atom. The molecule has 1 aliphatic carbocycles. The Hall–Kier alpha value is -1.09. The monoisotopic (exact) mass is 232 g/mol. The van der Waals surface area contributed by atoms with E-state index in [4.69, 9.17) is 4.74 Å². The fourth-order valence-corrected chi connectivity index (χ4v) is 3.37. The number of methoxy groups -OCH3 is 1. The first-order valence-corrected chi connectivity index (χ1v) is 6.59. The van der Waals surface area contributed by atoms with Crippen molar-refractivity contribution in [3.63, 3.8) is 0 Å². The average molecular weight is 232 g/mol. The topological polar surface area (TPSA) is 34.1 Å². The lowest BCUT2D eigenvalue weighted by Crippen LogP contribution is -2.45. The molecule has 2 bridgehead atoms. The first-order valence-electron chi connectivity index (χ1n) is 6.59. The number of piperidine rings is 1. The molecule has 3 unspecified atom stereocenters. The van der Waals surface area contributed by atoms with Crippen molar-refractivity contribution in [3.05, 3.63) is 24.0 Å². The zero-order valence-electron chi connectivity index (χ0n) is 10.4. The highest BCUT2D eigenvalue weighted by atomic mass is 16.5. The smallest absolute Gasteiger partial charge is 0.137 e. The lowest BCUT2D eigenvalue weighted by atomic mass is 9.72. The van der Waals surface area contributed by atoms with E-state index in [0.29, 0.717) is 12.0 Å². The van der Waals surface area contributed by atoms with Crippen LogP contribution in [-0.2, 0) is 0 Å². The number of aromatic nitrogens is 1. The van der Waals surface area contributed by atoms with Gasteiger partial charge in [-0.2, -0.15) is 0 Å². The summed E-state index contributed by atoms with van der Waals surface area (Å²) in [6, 6.07) is 2.80. The molecule has 0 amide bonds. The van der Waals surface area contributed by atoms with Crippen LogP contribution in [0, 0.1) is 5.92 Å². The second-order valence-corrected chi connectivity index (χ2v) is 5.29. The van der Waals surface area contributed by atoms with Crippen molar-refractivity contribution in [1.29, 1.82) is 0 Å². The van der Waals surface area contributed by atoms with E-state index in [2.05, 4.69) is 16.4 Å². The van der Waals surface area contributed by atoms with Gasteiger partial charge in [0.15, 0.2) is 0 Å². The van der Waals surface area contributed by atoms with Gasteiger partial charge in [-0.1, -0.05) is 0 Å². The minimum absolute atomic E-state index is 0.620. The number of rotatable bonds is 2. The number of fused-ring (bicyclic) bond motifs is 2.